The molecule has 0 unspecified atom stereocenters. The predicted octanol–water partition coefficient (Wildman–Crippen LogP) is 3.00. The lowest BCUT2D eigenvalue weighted by Crippen LogP contribution is -2.25. The quantitative estimate of drug-likeness (QED) is 0.845. The number of hydrogen-bond donors (Lipinski definition) is 1. The third-order valence-electron chi connectivity index (χ3n) is 3.54. The van der Waals surface area contributed by atoms with Crippen molar-refractivity contribution in [2.24, 2.45) is 0 Å². The van der Waals surface area contributed by atoms with Crippen molar-refractivity contribution in [3.8, 4) is 11.5 Å². The summed E-state index contributed by atoms with van der Waals surface area (Å²) in [6.45, 7) is 4.75. The number of thiazole rings is 1. The molecule has 0 radical (unpaired) electrons. The van der Waals surface area contributed by atoms with E-state index in [0.717, 1.165) is 23.5 Å². The molecule has 1 heterocycles. The van der Waals surface area contributed by atoms with Crippen molar-refractivity contribution in [3.63, 3.8) is 0 Å². The molecule has 5 nitrogen and oxygen atoms in total. The highest BCUT2D eigenvalue weighted by molar-refractivity contribution is 7.11. The van der Waals surface area contributed by atoms with Crippen LogP contribution in [0.4, 0.5) is 0 Å². The van der Waals surface area contributed by atoms with Gasteiger partial charge in [0.05, 0.1) is 24.9 Å². The molecule has 0 aliphatic carbocycles. The lowest BCUT2D eigenvalue weighted by atomic mass is 10.2. The second-order valence-corrected chi connectivity index (χ2v) is 6.33. The van der Waals surface area contributed by atoms with Crippen molar-refractivity contribution < 1.29 is 14.3 Å². The Morgan fingerprint density at radius 2 is 2.00 bits per heavy atom. The maximum Gasteiger partial charge on any atom is 0.251 e. The second kappa shape index (κ2) is 7.97. The fourth-order valence-corrected chi connectivity index (χ4v) is 3.31. The highest BCUT2D eigenvalue weighted by Gasteiger charge is 2.11. The summed E-state index contributed by atoms with van der Waals surface area (Å²) >= 11 is 1.70. The van der Waals surface area contributed by atoms with Gasteiger partial charge >= 0.3 is 0 Å². The molecule has 6 heteroatoms. The average Bonchev–Trinajstić information content (AvgIpc) is 2.93. The number of benzene rings is 1. The number of hydrogen-bond acceptors (Lipinski definition) is 5. The van der Waals surface area contributed by atoms with Crippen LogP contribution in [0.25, 0.3) is 0 Å². The molecule has 0 saturated carbocycles. The van der Waals surface area contributed by atoms with Gasteiger partial charge in [0.25, 0.3) is 5.91 Å². The van der Waals surface area contributed by atoms with Gasteiger partial charge in [-0.05, 0) is 31.5 Å². The Hall–Kier alpha value is -2.08. The Morgan fingerprint density at radius 1 is 1.26 bits per heavy atom. The molecule has 0 bridgehead atoms. The summed E-state index contributed by atoms with van der Waals surface area (Å²) in [4.78, 5) is 18.0. The maximum atomic E-state index is 12.2. The normalized spacial score (nSPS) is 10.4. The molecule has 0 spiro atoms. The minimum atomic E-state index is -0.130. The van der Waals surface area contributed by atoms with Gasteiger partial charge in [-0.3, -0.25) is 4.79 Å². The lowest BCUT2D eigenvalue weighted by molar-refractivity contribution is 0.0953. The number of aryl methyl sites for hydroxylation is 2. The molecular weight excluding hydrogens is 312 g/mol. The zero-order valence-corrected chi connectivity index (χ0v) is 14.8. The standard InChI is InChI=1S/C17H22N2O3S/c1-5-13-11(2)23-16(19-13)8-9-18-17(20)12-6-7-14(21-3)15(10-12)22-4/h6-7,10H,5,8-9H2,1-4H3,(H,18,20). The SMILES string of the molecule is CCc1nc(CCNC(=O)c2ccc(OC)c(OC)c2)sc1C. The molecule has 0 saturated heterocycles. The number of ether oxygens (including phenoxy) is 2. The van der Waals surface area contributed by atoms with E-state index in [4.69, 9.17) is 9.47 Å². The minimum absolute atomic E-state index is 0.130. The number of amides is 1. The number of carbonyl (C=O) groups excluding carboxylic acids is 1. The Labute approximate surface area is 140 Å². The molecule has 124 valence electrons. The van der Waals surface area contributed by atoms with Gasteiger partial charge in [-0.2, -0.15) is 0 Å². The summed E-state index contributed by atoms with van der Waals surface area (Å²) in [7, 11) is 3.12. The van der Waals surface area contributed by atoms with E-state index in [0.29, 0.717) is 23.6 Å². The minimum Gasteiger partial charge on any atom is -0.493 e. The summed E-state index contributed by atoms with van der Waals surface area (Å²) in [6, 6.07) is 5.13. The first kappa shape index (κ1) is 17.3. The maximum absolute atomic E-state index is 12.2. The van der Waals surface area contributed by atoms with Crippen LogP contribution in [-0.4, -0.2) is 31.7 Å². The summed E-state index contributed by atoms with van der Waals surface area (Å²) in [6.07, 6.45) is 1.69. The van der Waals surface area contributed by atoms with Gasteiger partial charge < -0.3 is 14.8 Å². The van der Waals surface area contributed by atoms with E-state index in [9.17, 15) is 4.79 Å². The molecule has 0 aliphatic rings. The lowest BCUT2D eigenvalue weighted by Gasteiger charge is -2.09. The van der Waals surface area contributed by atoms with Crippen LogP contribution in [-0.2, 0) is 12.8 Å². The molecule has 0 atom stereocenters. The highest BCUT2D eigenvalue weighted by atomic mass is 32.1. The Morgan fingerprint density at radius 3 is 2.61 bits per heavy atom. The number of rotatable bonds is 7. The third-order valence-corrected chi connectivity index (χ3v) is 4.61. The largest absolute Gasteiger partial charge is 0.493 e. The van der Waals surface area contributed by atoms with Crippen molar-refractivity contribution in [2.45, 2.75) is 26.7 Å². The Balaban J connectivity index is 1.94. The van der Waals surface area contributed by atoms with Crippen molar-refractivity contribution in [2.75, 3.05) is 20.8 Å². The van der Waals surface area contributed by atoms with Crippen molar-refractivity contribution in [1.82, 2.24) is 10.3 Å². The molecule has 1 N–H and O–H groups in total. The smallest absolute Gasteiger partial charge is 0.251 e. The Kier molecular flexibility index (Phi) is 5.98. The molecule has 23 heavy (non-hydrogen) atoms. The van der Waals surface area contributed by atoms with E-state index in [-0.39, 0.29) is 5.91 Å². The second-order valence-electron chi connectivity index (χ2n) is 5.04. The van der Waals surface area contributed by atoms with Crippen molar-refractivity contribution >= 4 is 17.2 Å². The van der Waals surface area contributed by atoms with E-state index < -0.39 is 0 Å². The Bertz CT molecular complexity index is 682. The van der Waals surface area contributed by atoms with Gasteiger partial charge in [-0.15, -0.1) is 11.3 Å². The van der Waals surface area contributed by atoms with Crippen LogP contribution in [0.15, 0.2) is 18.2 Å². The first-order valence-corrected chi connectivity index (χ1v) is 8.36. The van der Waals surface area contributed by atoms with E-state index in [1.165, 1.54) is 4.88 Å². The number of nitrogens with zero attached hydrogens (tertiary/aromatic N) is 1. The first-order chi connectivity index (χ1) is 11.1. The van der Waals surface area contributed by atoms with Gasteiger partial charge in [0.2, 0.25) is 0 Å². The number of methoxy groups -OCH3 is 2. The number of aromatic nitrogens is 1. The van der Waals surface area contributed by atoms with Crippen LogP contribution in [0.3, 0.4) is 0 Å². The third kappa shape index (κ3) is 4.22. The first-order valence-electron chi connectivity index (χ1n) is 7.54. The summed E-state index contributed by atoms with van der Waals surface area (Å²) in [5.74, 6) is 1.02. The molecular formula is C17H22N2O3S. The molecule has 1 aromatic heterocycles. The van der Waals surface area contributed by atoms with Crippen LogP contribution in [0.5, 0.6) is 11.5 Å². The van der Waals surface area contributed by atoms with Crippen LogP contribution in [0.1, 0.15) is 32.9 Å². The summed E-state index contributed by atoms with van der Waals surface area (Å²) < 4.78 is 10.4. The van der Waals surface area contributed by atoms with Crippen LogP contribution >= 0.6 is 11.3 Å². The highest BCUT2D eigenvalue weighted by Crippen LogP contribution is 2.27. The van der Waals surface area contributed by atoms with Crippen LogP contribution in [0.2, 0.25) is 0 Å². The zero-order valence-electron chi connectivity index (χ0n) is 13.9. The summed E-state index contributed by atoms with van der Waals surface area (Å²) in [5, 5.41) is 3.98. The van der Waals surface area contributed by atoms with Gasteiger partial charge in [0, 0.05) is 23.4 Å². The van der Waals surface area contributed by atoms with Gasteiger partial charge in [0.1, 0.15) is 0 Å². The van der Waals surface area contributed by atoms with Crippen LogP contribution in [0, 0.1) is 6.92 Å². The predicted molar refractivity (Wildman–Crippen MR) is 91.8 cm³/mol. The molecule has 1 amide bonds. The van der Waals surface area contributed by atoms with Gasteiger partial charge in [0.15, 0.2) is 11.5 Å². The van der Waals surface area contributed by atoms with Crippen molar-refractivity contribution in [1.29, 1.82) is 0 Å². The topological polar surface area (TPSA) is 60.5 Å². The number of nitrogens with one attached hydrogen (secondary N) is 1. The van der Waals surface area contributed by atoms with E-state index in [1.54, 1.807) is 43.8 Å². The zero-order chi connectivity index (χ0) is 16.8. The monoisotopic (exact) mass is 334 g/mol. The average molecular weight is 334 g/mol. The van der Waals surface area contributed by atoms with E-state index in [1.807, 2.05) is 0 Å². The van der Waals surface area contributed by atoms with Crippen LogP contribution < -0.4 is 14.8 Å². The molecule has 2 aromatic rings. The molecule has 0 aliphatic heterocycles. The molecule has 1 aromatic carbocycles. The molecule has 0 fully saturated rings. The summed E-state index contributed by atoms with van der Waals surface area (Å²) in [5.41, 5.74) is 1.70. The van der Waals surface area contributed by atoms with Gasteiger partial charge in [-0.25, -0.2) is 4.98 Å². The molecule has 2 rings (SSSR count). The number of carbonyl (C=O) groups is 1. The van der Waals surface area contributed by atoms with Gasteiger partial charge in [-0.1, -0.05) is 6.92 Å². The van der Waals surface area contributed by atoms with Crippen molar-refractivity contribution in [3.05, 3.63) is 39.3 Å². The fourth-order valence-electron chi connectivity index (χ4n) is 2.29. The van der Waals surface area contributed by atoms with E-state index in [2.05, 4.69) is 24.1 Å². The fraction of sp³-hybridized carbons (Fsp3) is 0.412. The van der Waals surface area contributed by atoms with E-state index >= 15 is 0 Å².